The average Bonchev–Trinajstić information content (AvgIpc) is 3.47. The molecular weight excluding hydrogens is 330 g/mol. The number of aliphatic carboxylic acids is 1. The Morgan fingerprint density at radius 2 is 1.77 bits per heavy atom. The molecule has 132 valence electrons. The van der Waals surface area contributed by atoms with E-state index in [0.717, 1.165) is 11.1 Å². The molecule has 0 unspecified atom stereocenters. The monoisotopic (exact) mass is 349 g/mol. The van der Waals surface area contributed by atoms with Crippen LogP contribution in [-0.2, 0) is 21.6 Å². The van der Waals surface area contributed by atoms with Crippen LogP contribution < -0.4 is 5.32 Å². The summed E-state index contributed by atoms with van der Waals surface area (Å²) in [5.74, 6) is 5.00. The van der Waals surface area contributed by atoms with E-state index < -0.39 is 17.5 Å². The minimum Gasteiger partial charge on any atom is -0.481 e. The molecule has 0 radical (unpaired) electrons. The predicted molar refractivity (Wildman–Crippen MR) is 96.5 cm³/mol. The molecule has 0 aromatic heterocycles. The lowest BCUT2D eigenvalue weighted by Crippen LogP contribution is -2.24. The van der Waals surface area contributed by atoms with Gasteiger partial charge < -0.3 is 15.2 Å². The van der Waals surface area contributed by atoms with Gasteiger partial charge in [-0.3, -0.25) is 4.79 Å². The highest BCUT2D eigenvalue weighted by Gasteiger charge is 2.52. The first-order chi connectivity index (χ1) is 12.6. The number of benzene rings is 2. The summed E-state index contributed by atoms with van der Waals surface area (Å²) in [6.45, 7) is 0.325. The number of hydrogen-bond donors (Lipinski definition) is 2. The van der Waals surface area contributed by atoms with E-state index in [0.29, 0.717) is 18.4 Å². The number of nitrogens with one attached hydrogen (secondary N) is 1. The van der Waals surface area contributed by atoms with Crippen LogP contribution in [-0.4, -0.2) is 23.7 Å². The Balaban J connectivity index is 1.54. The molecule has 0 bridgehead atoms. The normalized spacial score (nSPS) is 13.8. The molecule has 5 heteroatoms. The number of ether oxygens (including phenoxy) is 1. The third kappa shape index (κ3) is 4.04. The van der Waals surface area contributed by atoms with Gasteiger partial charge in [-0.2, -0.15) is 0 Å². The van der Waals surface area contributed by atoms with Crippen molar-refractivity contribution in [3.05, 3.63) is 71.3 Å². The quantitative estimate of drug-likeness (QED) is 0.814. The number of amides is 1. The summed E-state index contributed by atoms with van der Waals surface area (Å²) in [6.07, 6.45) is 0.719. The van der Waals surface area contributed by atoms with Crippen molar-refractivity contribution in [2.24, 2.45) is 0 Å². The number of carboxylic acids is 1. The van der Waals surface area contributed by atoms with Crippen molar-refractivity contribution in [2.45, 2.75) is 24.9 Å². The second-order valence-electron chi connectivity index (χ2n) is 6.15. The number of hydrogen-bond acceptors (Lipinski definition) is 3. The highest BCUT2D eigenvalue weighted by Crippen LogP contribution is 2.49. The van der Waals surface area contributed by atoms with E-state index in [1.807, 2.05) is 48.5 Å². The molecule has 1 amide bonds. The Morgan fingerprint density at radius 3 is 2.46 bits per heavy atom. The Labute approximate surface area is 152 Å². The number of carbonyl (C=O) groups excluding carboxylic acids is 1. The maximum Gasteiger partial charge on any atom is 0.408 e. The molecule has 2 aromatic rings. The van der Waals surface area contributed by atoms with E-state index in [2.05, 4.69) is 17.2 Å². The molecule has 1 aliphatic carbocycles. The van der Waals surface area contributed by atoms with E-state index in [4.69, 9.17) is 4.74 Å². The molecule has 2 aromatic carbocycles. The largest absolute Gasteiger partial charge is 0.481 e. The van der Waals surface area contributed by atoms with E-state index in [1.165, 1.54) is 0 Å². The third-order valence-corrected chi connectivity index (χ3v) is 4.36. The first-order valence-corrected chi connectivity index (χ1v) is 8.38. The maximum absolute atomic E-state index is 11.7. The molecule has 0 atom stereocenters. The van der Waals surface area contributed by atoms with Crippen LogP contribution in [0.25, 0.3) is 0 Å². The second-order valence-corrected chi connectivity index (χ2v) is 6.15. The highest BCUT2D eigenvalue weighted by molar-refractivity contribution is 5.86. The highest BCUT2D eigenvalue weighted by atomic mass is 16.5. The van der Waals surface area contributed by atoms with Gasteiger partial charge in [-0.15, -0.1) is 0 Å². The zero-order valence-electron chi connectivity index (χ0n) is 14.2. The molecule has 0 saturated heterocycles. The Bertz CT molecular complexity index is 860. The maximum atomic E-state index is 11.7. The van der Waals surface area contributed by atoms with Gasteiger partial charge in [-0.25, -0.2) is 4.79 Å². The molecule has 1 saturated carbocycles. The zero-order chi connectivity index (χ0) is 18.4. The van der Waals surface area contributed by atoms with Crippen molar-refractivity contribution in [1.82, 2.24) is 5.32 Å². The molecular formula is C21H19NO4. The molecule has 1 aliphatic rings. The summed E-state index contributed by atoms with van der Waals surface area (Å²) in [5, 5.41) is 12.0. The van der Waals surface area contributed by atoms with Crippen LogP contribution in [0, 0.1) is 11.8 Å². The fourth-order valence-corrected chi connectivity index (χ4v) is 2.76. The van der Waals surface area contributed by atoms with Gasteiger partial charge in [0.25, 0.3) is 0 Å². The molecule has 0 aliphatic heterocycles. The van der Waals surface area contributed by atoms with Gasteiger partial charge in [-0.1, -0.05) is 60.4 Å². The minimum atomic E-state index is -0.811. The van der Waals surface area contributed by atoms with Crippen LogP contribution in [0.5, 0.6) is 0 Å². The summed E-state index contributed by atoms with van der Waals surface area (Å²) in [6, 6.07) is 16.7. The van der Waals surface area contributed by atoms with E-state index >= 15 is 0 Å². The molecule has 0 spiro atoms. The molecule has 0 heterocycles. The number of carboxylic acid groups (broad SMARTS) is 1. The lowest BCUT2D eigenvalue weighted by Gasteiger charge is -2.12. The van der Waals surface area contributed by atoms with Gasteiger partial charge >= 0.3 is 12.1 Å². The lowest BCUT2D eigenvalue weighted by molar-refractivity contribution is -0.140. The minimum absolute atomic E-state index is 0.127. The number of carbonyl (C=O) groups is 2. The van der Waals surface area contributed by atoms with Gasteiger partial charge in [0.05, 0.1) is 12.0 Å². The smallest absolute Gasteiger partial charge is 0.408 e. The Hall–Kier alpha value is -3.26. The van der Waals surface area contributed by atoms with Crippen LogP contribution in [0.1, 0.15) is 29.5 Å². The summed E-state index contributed by atoms with van der Waals surface area (Å²) < 4.78 is 5.10. The predicted octanol–water partition coefficient (Wildman–Crippen LogP) is 3.08. The zero-order valence-corrected chi connectivity index (χ0v) is 14.2. The third-order valence-electron chi connectivity index (χ3n) is 4.36. The van der Waals surface area contributed by atoms with E-state index in [9.17, 15) is 14.7 Å². The van der Waals surface area contributed by atoms with Crippen molar-refractivity contribution >= 4 is 12.1 Å². The first kappa shape index (κ1) is 17.6. The van der Waals surface area contributed by atoms with Crippen molar-refractivity contribution in [1.29, 1.82) is 0 Å². The van der Waals surface area contributed by atoms with Gasteiger partial charge in [0.2, 0.25) is 0 Å². The van der Waals surface area contributed by atoms with Crippen LogP contribution in [0.3, 0.4) is 0 Å². The number of rotatable bonds is 5. The fourth-order valence-electron chi connectivity index (χ4n) is 2.76. The fraction of sp³-hybridized carbons (Fsp3) is 0.238. The molecule has 3 rings (SSSR count). The van der Waals surface area contributed by atoms with Crippen LogP contribution in [0.15, 0.2) is 54.6 Å². The summed E-state index contributed by atoms with van der Waals surface area (Å²) in [5.41, 5.74) is 1.54. The molecule has 2 N–H and O–H groups in total. The molecule has 5 nitrogen and oxygen atoms in total. The van der Waals surface area contributed by atoms with E-state index in [-0.39, 0.29) is 13.2 Å². The van der Waals surface area contributed by atoms with Crippen LogP contribution >= 0.6 is 0 Å². The second kappa shape index (κ2) is 7.75. The van der Waals surface area contributed by atoms with E-state index in [1.54, 1.807) is 6.07 Å². The van der Waals surface area contributed by atoms with Crippen molar-refractivity contribution in [2.75, 3.05) is 6.54 Å². The van der Waals surface area contributed by atoms with Gasteiger partial charge in [0, 0.05) is 5.56 Å². The van der Waals surface area contributed by atoms with Gasteiger partial charge in [0.15, 0.2) is 0 Å². The Morgan fingerprint density at radius 1 is 1.08 bits per heavy atom. The first-order valence-electron chi connectivity index (χ1n) is 8.38. The lowest BCUT2D eigenvalue weighted by atomic mass is 9.91. The summed E-state index contributed by atoms with van der Waals surface area (Å²) in [4.78, 5) is 23.2. The van der Waals surface area contributed by atoms with Crippen molar-refractivity contribution in [3.63, 3.8) is 0 Å². The Kier molecular flexibility index (Phi) is 5.23. The van der Waals surface area contributed by atoms with Crippen LogP contribution in [0.4, 0.5) is 4.79 Å². The van der Waals surface area contributed by atoms with Gasteiger partial charge in [-0.05, 0) is 30.0 Å². The topological polar surface area (TPSA) is 75.6 Å². The molecule has 26 heavy (non-hydrogen) atoms. The van der Waals surface area contributed by atoms with Crippen molar-refractivity contribution in [3.8, 4) is 11.8 Å². The summed E-state index contributed by atoms with van der Waals surface area (Å²) in [7, 11) is 0. The van der Waals surface area contributed by atoms with Gasteiger partial charge in [0.1, 0.15) is 6.61 Å². The molecule has 1 fully saturated rings. The number of alkyl carbamates (subject to hydrolysis) is 1. The summed E-state index contributed by atoms with van der Waals surface area (Å²) >= 11 is 0. The van der Waals surface area contributed by atoms with Crippen LogP contribution in [0.2, 0.25) is 0 Å². The van der Waals surface area contributed by atoms with Crippen molar-refractivity contribution < 1.29 is 19.4 Å². The standard InChI is InChI=1S/C21H19NO4/c23-19(24)21(12-13-21)18-11-5-4-9-17(18)10-6-14-22-20(25)26-15-16-7-2-1-3-8-16/h1-5,7-9,11H,12-15H2,(H,22,25)(H,23,24). The average molecular weight is 349 g/mol. The SMILES string of the molecule is O=C(NCC#Cc1ccccc1C1(C(=O)O)CC1)OCc1ccccc1.